The average Bonchev–Trinajstić information content (AvgIpc) is 3.10. The first-order valence-electron chi connectivity index (χ1n) is 7.51. The van der Waals surface area contributed by atoms with Crippen molar-refractivity contribution in [3.63, 3.8) is 0 Å². The summed E-state index contributed by atoms with van der Waals surface area (Å²) < 4.78 is 0. The third kappa shape index (κ3) is 2.29. The van der Waals surface area contributed by atoms with Gasteiger partial charge in [-0.1, -0.05) is 12.1 Å². The first-order valence-corrected chi connectivity index (χ1v) is 7.51. The predicted octanol–water partition coefficient (Wildman–Crippen LogP) is 2.06. The molecule has 108 valence electrons. The fourth-order valence-electron chi connectivity index (χ4n) is 3.49. The highest BCUT2D eigenvalue weighted by molar-refractivity contribution is 5.97. The van der Waals surface area contributed by atoms with Gasteiger partial charge in [0.05, 0.1) is 5.56 Å². The molecule has 0 radical (unpaired) electrons. The molecular formula is C16H22N2O2. The second kappa shape index (κ2) is 5.44. The van der Waals surface area contributed by atoms with Gasteiger partial charge >= 0.3 is 0 Å². The number of benzene rings is 1. The summed E-state index contributed by atoms with van der Waals surface area (Å²) in [5.74, 6) is 0.102. The van der Waals surface area contributed by atoms with E-state index in [1.54, 1.807) is 6.07 Å². The maximum Gasteiger partial charge on any atom is 0.257 e. The molecule has 1 aromatic carbocycles. The number of rotatable bonds is 2. The van der Waals surface area contributed by atoms with Crippen molar-refractivity contribution in [1.29, 1.82) is 0 Å². The predicted molar refractivity (Wildman–Crippen MR) is 77.9 cm³/mol. The maximum atomic E-state index is 12.7. The molecule has 4 nitrogen and oxygen atoms in total. The van der Waals surface area contributed by atoms with Crippen LogP contribution in [-0.2, 0) is 0 Å². The number of aryl methyl sites for hydroxylation is 1. The van der Waals surface area contributed by atoms with E-state index in [4.69, 9.17) is 0 Å². The van der Waals surface area contributed by atoms with Gasteiger partial charge in [0.1, 0.15) is 5.75 Å². The number of nitrogens with zero attached hydrogens (tertiary/aromatic N) is 1. The Balaban J connectivity index is 1.83. The van der Waals surface area contributed by atoms with Gasteiger partial charge in [0.15, 0.2) is 0 Å². The van der Waals surface area contributed by atoms with Gasteiger partial charge in [-0.3, -0.25) is 4.79 Å². The van der Waals surface area contributed by atoms with Crippen LogP contribution in [0, 0.1) is 6.92 Å². The zero-order valence-corrected chi connectivity index (χ0v) is 11.9. The summed E-state index contributed by atoms with van der Waals surface area (Å²) in [6.45, 7) is 3.68. The molecule has 0 aliphatic carbocycles. The molecule has 2 N–H and O–H groups in total. The van der Waals surface area contributed by atoms with E-state index in [-0.39, 0.29) is 17.7 Å². The summed E-state index contributed by atoms with van der Waals surface area (Å²) in [5.41, 5.74) is 1.19. The van der Waals surface area contributed by atoms with Crippen LogP contribution in [0.4, 0.5) is 0 Å². The smallest absolute Gasteiger partial charge is 0.257 e. The summed E-state index contributed by atoms with van der Waals surface area (Å²) >= 11 is 0. The summed E-state index contributed by atoms with van der Waals surface area (Å²) in [6.07, 6.45) is 4.46. The van der Waals surface area contributed by atoms with E-state index in [0.717, 1.165) is 37.9 Å². The molecule has 4 heteroatoms. The van der Waals surface area contributed by atoms with Gasteiger partial charge in [-0.25, -0.2) is 0 Å². The number of phenolic OH excluding ortho intramolecular Hbond substituents is 1. The number of hydrogen-bond acceptors (Lipinski definition) is 3. The number of amides is 1. The van der Waals surface area contributed by atoms with E-state index in [2.05, 4.69) is 5.32 Å². The SMILES string of the molecule is Cc1cccc(C(=O)N2CCCC2C2CCCN2)c1O. The van der Waals surface area contributed by atoms with E-state index in [1.807, 2.05) is 24.0 Å². The van der Waals surface area contributed by atoms with E-state index in [9.17, 15) is 9.90 Å². The lowest BCUT2D eigenvalue weighted by Gasteiger charge is -2.30. The van der Waals surface area contributed by atoms with Crippen molar-refractivity contribution in [3.8, 4) is 5.75 Å². The molecular weight excluding hydrogens is 252 g/mol. The third-order valence-corrected chi connectivity index (χ3v) is 4.59. The first kappa shape index (κ1) is 13.4. The van der Waals surface area contributed by atoms with Crippen molar-refractivity contribution in [2.75, 3.05) is 13.1 Å². The summed E-state index contributed by atoms with van der Waals surface area (Å²) in [5, 5.41) is 13.6. The Kier molecular flexibility index (Phi) is 3.66. The van der Waals surface area contributed by atoms with Gasteiger partial charge in [0, 0.05) is 18.6 Å². The average molecular weight is 274 g/mol. The molecule has 2 saturated heterocycles. The van der Waals surface area contributed by atoms with Gasteiger partial charge in [-0.2, -0.15) is 0 Å². The van der Waals surface area contributed by atoms with Crippen molar-refractivity contribution in [2.24, 2.45) is 0 Å². The van der Waals surface area contributed by atoms with Crippen LogP contribution in [0.3, 0.4) is 0 Å². The van der Waals surface area contributed by atoms with Crippen molar-refractivity contribution < 1.29 is 9.90 Å². The molecule has 0 saturated carbocycles. The molecule has 0 bridgehead atoms. The normalized spacial score (nSPS) is 26.1. The Morgan fingerprint density at radius 2 is 2.20 bits per heavy atom. The summed E-state index contributed by atoms with van der Waals surface area (Å²) in [6, 6.07) is 6.09. The van der Waals surface area contributed by atoms with Crippen LogP contribution < -0.4 is 5.32 Å². The highest BCUT2D eigenvalue weighted by Gasteiger charge is 2.36. The topological polar surface area (TPSA) is 52.6 Å². The molecule has 2 heterocycles. The molecule has 2 unspecified atom stereocenters. The van der Waals surface area contributed by atoms with Gasteiger partial charge in [0.25, 0.3) is 5.91 Å². The Hall–Kier alpha value is -1.55. The number of aromatic hydroxyl groups is 1. The van der Waals surface area contributed by atoms with Crippen LogP contribution in [0.2, 0.25) is 0 Å². The van der Waals surface area contributed by atoms with Gasteiger partial charge in [-0.05, 0) is 50.8 Å². The molecule has 2 fully saturated rings. The lowest BCUT2D eigenvalue weighted by atomic mass is 10.0. The van der Waals surface area contributed by atoms with Gasteiger partial charge in [0.2, 0.25) is 0 Å². The van der Waals surface area contributed by atoms with Crippen LogP contribution in [0.1, 0.15) is 41.6 Å². The van der Waals surface area contributed by atoms with Crippen molar-refractivity contribution >= 4 is 5.91 Å². The quantitative estimate of drug-likeness (QED) is 0.868. The fraction of sp³-hybridized carbons (Fsp3) is 0.562. The molecule has 3 rings (SSSR count). The standard InChI is InChI=1S/C16H22N2O2/c1-11-5-2-6-12(15(11)19)16(20)18-10-4-8-14(18)13-7-3-9-17-13/h2,5-6,13-14,17,19H,3-4,7-10H2,1H3. The maximum absolute atomic E-state index is 12.7. The number of carbonyl (C=O) groups excluding carboxylic acids is 1. The zero-order chi connectivity index (χ0) is 14.1. The largest absolute Gasteiger partial charge is 0.507 e. The molecule has 2 aliphatic rings. The molecule has 2 aliphatic heterocycles. The zero-order valence-electron chi connectivity index (χ0n) is 11.9. The number of nitrogens with one attached hydrogen (secondary N) is 1. The summed E-state index contributed by atoms with van der Waals surface area (Å²) in [7, 11) is 0. The number of para-hydroxylation sites is 1. The number of phenols is 1. The molecule has 1 amide bonds. The molecule has 0 aromatic heterocycles. The Morgan fingerprint density at radius 3 is 2.95 bits per heavy atom. The summed E-state index contributed by atoms with van der Waals surface area (Å²) in [4.78, 5) is 14.7. The van der Waals surface area contributed by atoms with E-state index in [0.29, 0.717) is 11.6 Å². The number of carbonyl (C=O) groups is 1. The van der Waals surface area contributed by atoms with Crippen LogP contribution in [0.25, 0.3) is 0 Å². The van der Waals surface area contributed by atoms with Gasteiger partial charge < -0.3 is 15.3 Å². The highest BCUT2D eigenvalue weighted by atomic mass is 16.3. The van der Waals surface area contributed by atoms with Crippen LogP contribution in [0.5, 0.6) is 5.75 Å². The molecule has 20 heavy (non-hydrogen) atoms. The number of likely N-dealkylation sites (tertiary alicyclic amines) is 1. The Bertz CT molecular complexity index is 509. The Morgan fingerprint density at radius 1 is 1.35 bits per heavy atom. The molecule has 0 spiro atoms. The van der Waals surface area contributed by atoms with Crippen LogP contribution >= 0.6 is 0 Å². The monoisotopic (exact) mass is 274 g/mol. The minimum atomic E-state index is -0.0256. The third-order valence-electron chi connectivity index (χ3n) is 4.59. The second-order valence-corrected chi connectivity index (χ2v) is 5.88. The van der Waals surface area contributed by atoms with E-state index >= 15 is 0 Å². The number of hydrogen-bond donors (Lipinski definition) is 2. The molecule has 2 atom stereocenters. The van der Waals surface area contributed by atoms with Gasteiger partial charge in [-0.15, -0.1) is 0 Å². The van der Waals surface area contributed by atoms with Crippen LogP contribution in [-0.4, -0.2) is 41.1 Å². The minimum Gasteiger partial charge on any atom is -0.507 e. The first-order chi connectivity index (χ1) is 9.68. The van der Waals surface area contributed by atoms with Crippen LogP contribution in [0.15, 0.2) is 18.2 Å². The molecule has 1 aromatic rings. The van der Waals surface area contributed by atoms with E-state index < -0.39 is 0 Å². The second-order valence-electron chi connectivity index (χ2n) is 5.88. The fourth-order valence-corrected chi connectivity index (χ4v) is 3.49. The van der Waals surface area contributed by atoms with Crippen molar-refractivity contribution in [3.05, 3.63) is 29.3 Å². The van der Waals surface area contributed by atoms with Crippen molar-refractivity contribution in [1.82, 2.24) is 10.2 Å². The van der Waals surface area contributed by atoms with E-state index in [1.165, 1.54) is 6.42 Å². The van der Waals surface area contributed by atoms with Crippen molar-refractivity contribution in [2.45, 2.75) is 44.7 Å². The Labute approximate surface area is 119 Å². The highest BCUT2D eigenvalue weighted by Crippen LogP contribution is 2.29. The lowest BCUT2D eigenvalue weighted by molar-refractivity contribution is 0.0708. The minimum absolute atomic E-state index is 0.0256. The lowest BCUT2D eigenvalue weighted by Crippen LogP contribution is -2.46.